The van der Waals surface area contributed by atoms with Gasteiger partial charge in [0, 0.05) is 26.2 Å². The van der Waals surface area contributed by atoms with Crippen molar-refractivity contribution in [3.63, 3.8) is 0 Å². The van der Waals surface area contributed by atoms with Gasteiger partial charge in [0.05, 0.1) is 13.7 Å². The first-order valence-corrected chi connectivity index (χ1v) is 10.2. The van der Waals surface area contributed by atoms with Crippen LogP contribution >= 0.6 is 11.3 Å². The Morgan fingerprint density at radius 1 is 1.32 bits per heavy atom. The van der Waals surface area contributed by atoms with Crippen molar-refractivity contribution in [2.24, 2.45) is 0 Å². The third kappa shape index (κ3) is 3.79. The van der Waals surface area contributed by atoms with Crippen molar-refractivity contribution in [2.75, 3.05) is 33.3 Å². The monoisotopic (exact) mass is 384 g/mol. The maximum atomic E-state index is 12.5. The molecule has 2 aromatic heterocycles. The maximum absolute atomic E-state index is 12.5. The standard InChI is InChI=1S/C16H20N2O5S2/c1-12-14(16(19)22-2)10-13(23-12)11-17-5-7-18(8-6-17)25(20,21)15-4-3-9-24-15/h3-4,9-10H,5-8,11H2,1-2H3. The van der Waals surface area contributed by atoms with Gasteiger partial charge in [0.1, 0.15) is 21.3 Å². The highest BCUT2D eigenvalue weighted by Gasteiger charge is 2.29. The second kappa shape index (κ2) is 7.28. The molecule has 0 N–H and O–H groups in total. The van der Waals surface area contributed by atoms with Crippen molar-refractivity contribution >= 4 is 27.3 Å². The summed E-state index contributed by atoms with van der Waals surface area (Å²) in [5.41, 5.74) is 0.427. The first-order chi connectivity index (χ1) is 11.9. The number of ether oxygens (including phenoxy) is 1. The molecular formula is C16H20N2O5S2. The molecular weight excluding hydrogens is 364 g/mol. The second-order valence-electron chi connectivity index (χ2n) is 5.79. The van der Waals surface area contributed by atoms with Crippen LogP contribution in [0.1, 0.15) is 21.9 Å². The minimum atomic E-state index is -3.39. The number of nitrogens with zero attached hydrogens (tertiary/aromatic N) is 2. The van der Waals surface area contributed by atoms with Crippen molar-refractivity contribution in [2.45, 2.75) is 17.7 Å². The van der Waals surface area contributed by atoms with Gasteiger partial charge in [-0.2, -0.15) is 4.31 Å². The molecule has 0 aliphatic carbocycles. The third-order valence-electron chi connectivity index (χ3n) is 4.17. The molecule has 7 nitrogen and oxygen atoms in total. The van der Waals surface area contributed by atoms with Crippen LogP contribution in [-0.2, 0) is 21.3 Å². The van der Waals surface area contributed by atoms with Crippen LogP contribution in [0.5, 0.6) is 0 Å². The molecule has 0 atom stereocenters. The Morgan fingerprint density at radius 2 is 2.04 bits per heavy atom. The van der Waals surface area contributed by atoms with E-state index in [1.807, 2.05) is 0 Å². The van der Waals surface area contributed by atoms with Crippen LogP contribution in [0.15, 0.2) is 32.2 Å². The number of methoxy groups -OCH3 is 1. The third-order valence-corrected chi connectivity index (χ3v) is 7.45. The van der Waals surface area contributed by atoms with Gasteiger partial charge in [-0.05, 0) is 24.4 Å². The Morgan fingerprint density at radius 3 is 2.64 bits per heavy atom. The zero-order valence-electron chi connectivity index (χ0n) is 14.1. The number of rotatable bonds is 5. The molecule has 0 bridgehead atoms. The summed E-state index contributed by atoms with van der Waals surface area (Å²) in [6.07, 6.45) is 0. The average Bonchev–Trinajstić information content (AvgIpc) is 3.25. The van der Waals surface area contributed by atoms with E-state index in [4.69, 9.17) is 9.15 Å². The van der Waals surface area contributed by atoms with E-state index in [1.54, 1.807) is 30.5 Å². The summed E-state index contributed by atoms with van der Waals surface area (Å²) in [6.45, 7) is 4.34. The number of thiophene rings is 1. The Labute approximate surface area is 150 Å². The molecule has 1 aliphatic heterocycles. The van der Waals surface area contributed by atoms with E-state index in [1.165, 1.54) is 22.8 Å². The fourth-order valence-electron chi connectivity index (χ4n) is 2.82. The summed E-state index contributed by atoms with van der Waals surface area (Å²) in [5, 5.41) is 1.77. The molecule has 136 valence electrons. The number of sulfonamides is 1. The Balaban J connectivity index is 1.61. The summed E-state index contributed by atoms with van der Waals surface area (Å²) >= 11 is 1.23. The first kappa shape index (κ1) is 18.1. The Bertz CT molecular complexity index is 834. The molecule has 0 aromatic carbocycles. The van der Waals surface area contributed by atoms with E-state index in [0.717, 1.165) is 0 Å². The van der Waals surface area contributed by atoms with Crippen molar-refractivity contribution in [3.05, 3.63) is 40.7 Å². The van der Waals surface area contributed by atoms with E-state index in [-0.39, 0.29) is 0 Å². The van der Waals surface area contributed by atoms with Crippen LogP contribution in [0.4, 0.5) is 0 Å². The van der Waals surface area contributed by atoms with Gasteiger partial charge in [-0.3, -0.25) is 4.90 Å². The topological polar surface area (TPSA) is 80.1 Å². The molecule has 0 spiro atoms. The number of aryl methyl sites for hydroxylation is 1. The quantitative estimate of drug-likeness (QED) is 0.733. The number of esters is 1. The molecule has 0 unspecified atom stereocenters. The minimum Gasteiger partial charge on any atom is -0.465 e. The molecule has 0 amide bonds. The number of piperazine rings is 1. The van der Waals surface area contributed by atoms with Crippen LogP contribution in [0.25, 0.3) is 0 Å². The van der Waals surface area contributed by atoms with Crippen molar-refractivity contribution in [3.8, 4) is 0 Å². The molecule has 1 aliphatic rings. The van der Waals surface area contributed by atoms with Crippen LogP contribution in [0.2, 0.25) is 0 Å². The van der Waals surface area contributed by atoms with Crippen molar-refractivity contribution in [1.82, 2.24) is 9.21 Å². The van der Waals surface area contributed by atoms with Gasteiger partial charge in [-0.1, -0.05) is 6.07 Å². The highest BCUT2D eigenvalue weighted by molar-refractivity contribution is 7.91. The fraction of sp³-hybridized carbons (Fsp3) is 0.438. The van der Waals surface area contributed by atoms with E-state index < -0.39 is 16.0 Å². The molecule has 9 heteroatoms. The first-order valence-electron chi connectivity index (χ1n) is 7.85. The molecule has 25 heavy (non-hydrogen) atoms. The van der Waals surface area contributed by atoms with Gasteiger partial charge in [0.2, 0.25) is 0 Å². The normalized spacial score (nSPS) is 16.9. The van der Waals surface area contributed by atoms with E-state index in [0.29, 0.717) is 54.0 Å². The summed E-state index contributed by atoms with van der Waals surface area (Å²) in [5.74, 6) is 0.785. The second-order valence-corrected chi connectivity index (χ2v) is 8.90. The lowest BCUT2D eigenvalue weighted by Gasteiger charge is -2.33. The van der Waals surface area contributed by atoms with Crippen LogP contribution < -0.4 is 0 Å². The highest BCUT2D eigenvalue weighted by atomic mass is 32.2. The van der Waals surface area contributed by atoms with E-state index in [9.17, 15) is 13.2 Å². The smallest absolute Gasteiger partial charge is 0.341 e. The minimum absolute atomic E-state index is 0.380. The van der Waals surface area contributed by atoms with Gasteiger partial charge < -0.3 is 9.15 Å². The predicted molar refractivity (Wildman–Crippen MR) is 93.1 cm³/mol. The van der Waals surface area contributed by atoms with Gasteiger partial charge in [-0.15, -0.1) is 11.3 Å². The molecule has 3 rings (SSSR count). The Kier molecular flexibility index (Phi) is 5.28. The lowest BCUT2D eigenvalue weighted by molar-refractivity contribution is 0.0599. The summed E-state index contributed by atoms with van der Waals surface area (Å²) in [7, 11) is -2.06. The average molecular weight is 384 g/mol. The lowest BCUT2D eigenvalue weighted by atomic mass is 10.2. The highest BCUT2D eigenvalue weighted by Crippen LogP contribution is 2.23. The number of furan rings is 1. The molecule has 1 fully saturated rings. The Hall–Kier alpha value is -1.68. The molecule has 2 aromatic rings. The van der Waals surface area contributed by atoms with E-state index >= 15 is 0 Å². The molecule has 0 saturated carbocycles. The number of carbonyl (C=O) groups excluding carboxylic acids is 1. The zero-order valence-corrected chi connectivity index (χ0v) is 15.7. The van der Waals surface area contributed by atoms with E-state index in [2.05, 4.69) is 4.90 Å². The van der Waals surface area contributed by atoms with Gasteiger partial charge in [0.25, 0.3) is 10.0 Å². The number of hydrogen-bond acceptors (Lipinski definition) is 7. The molecule has 1 saturated heterocycles. The molecule has 0 radical (unpaired) electrons. The zero-order chi connectivity index (χ0) is 18.0. The number of carbonyl (C=O) groups is 1. The molecule has 3 heterocycles. The van der Waals surface area contributed by atoms with Crippen LogP contribution in [0.3, 0.4) is 0 Å². The lowest BCUT2D eigenvalue weighted by Crippen LogP contribution is -2.47. The van der Waals surface area contributed by atoms with Crippen molar-refractivity contribution in [1.29, 1.82) is 0 Å². The maximum Gasteiger partial charge on any atom is 0.341 e. The van der Waals surface area contributed by atoms with Crippen LogP contribution in [0, 0.1) is 6.92 Å². The largest absolute Gasteiger partial charge is 0.465 e. The fourth-order valence-corrected chi connectivity index (χ4v) is 5.39. The van der Waals surface area contributed by atoms with Gasteiger partial charge in [-0.25, -0.2) is 13.2 Å². The van der Waals surface area contributed by atoms with Crippen LogP contribution in [-0.4, -0.2) is 56.9 Å². The van der Waals surface area contributed by atoms with Gasteiger partial charge >= 0.3 is 5.97 Å². The summed E-state index contributed by atoms with van der Waals surface area (Å²) < 4.78 is 37.3. The van der Waals surface area contributed by atoms with Crippen molar-refractivity contribution < 1.29 is 22.4 Å². The van der Waals surface area contributed by atoms with Gasteiger partial charge in [0.15, 0.2) is 0 Å². The summed E-state index contributed by atoms with van der Waals surface area (Å²) in [4.78, 5) is 13.7. The number of hydrogen-bond donors (Lipinski definition) is 0. The SMILES string of the molecule is COC(=O)c1cc(CN2CCN(S(=O)(=O)c3cccs3)CC2)oc1C. The summed E-state index contributed by atoms with van der Waals surface area (Å²) in [6, 6.07) is 5.06. The predicted octanol–water partition coefficient (Wildman–Crippen LogP) is 1.94.